The molecule has 254 valence electrons. The van der Waals surface area contributed by atoms with E-state index in [-0.39, 0.29) is 0 Å². The van der Waals surface area contributed by atoms with Gasteiger partial charge in [0, 0.05) is 41.0 Å². The molecular formula is C42H28N2O8. The maximum absolute atomic E-state index is 13.4. The molecule has 0 aliphatic carbocycles. The summed E-state index contributed by atoms with van der Waals surface area (Å²) in [6.07, 6.45) is 4.94. The molecule has 0 N–H and O–H groups in total. The standard InChI is InChI=1S/C42H28N2O8/c1-25-23-27(7-17-35(25)50-31-13-9-29(10-14-31)43-37(45)19-20-38(43)46)42(34-6-4-3-5-33(34)41(49)52-42)28-8-18-36(26(2)24-28)51-32-15-11-30(12-16-32)44-39(47)21-22-40(44)48/h3-24H,1-2H3. The Bertz CT molecular complexity index is 2240. The number of carbonyl (C=O) groups excluding carboxylic acids is 5. The summed E-state index contributed by atoms with van der Waals surface area (Å²) in [5.41, 5.74) is 3.78. The van der Waals surface area contributed by atoms with Gasteiger partial charge >= 0.3 is 5.97 Å². The van der Waals surface area contributed by atoms with E-state index in [1.165, 1.54) is 24.3 Å². The third-order valence-electron chi connectivity index (χ3n) is 9.20. The maximum Gasteiger partial charge on any atom is 0.340 e. The molecule has 52 heavy (non-hydrogen) atoms. The summed E-state index contributed by atoms with van der Waals surface area (Å²) in [6, 6.07) is 31.9. The number of anilines is 2. The van der Waals surface area contributed by atoms with Gasteiger partial charge in [-0.15, -0.1) is 0 Å². The number of ether oxygens (including phenoxy) is 3. The summed E-state index contributed by atoms with van der Waals surface area (Å²) in [7, 11) is 0. The molecule has 0 saturated carbocycles. The molecule has 5 aromatic carbocycles. The van der Waals surface area contributed by atoms with Crippen LogP contribution in [-0.2, 0) is 29.5 Å². The monoisotopic (exact) mass is 688 g/mol. The number of aryl methyl sites for hydroxylation is 2. The average Bonchev–Trinajstić information content (AvgIpc) is 3.78. The highest BCUT2D eigenvalue weighted by atomic mass is 16.6. The predicted octanol–water partition coefficient (Wildman–Crippen LogP) is 7.21. The first-order valence-corrected chi connectivity index (χ1v) is 16.4. The summed E-state index contributed by atoms with van der Waals surface area (Å²) in [6.45, 7) is 3.80. The van der Waals surface area contributed by atoms with Crippen LogP contribution in [0, 0.1) is 13.8 Å². The normalized spacial score (nSPS) is 15.8. The fourth-order valence-corrected chi connectivity index (χ4v) is 6.67. The second-order valence-electron chi connectivity index (χ2n) is 12.5. The van der Waals surface area contributed by atoms with Gasteiger partial charge in [0.05, 0.1) is 16.9 Å². The van der Waals surface area contributed by atoms with Crippen LogP contribution in [0.3, 0.4) is 0 Å². The van der Waals surface area contributed by atoms with Crippen molar-refractivity contribution in [1.29, 1.82) is 0 Å². The molecule has 0 saturated heterocycles. The highest BCUT2D eigenvalue weighted by Crippen LogP contribution is 2.48. The van der Waals surface area contributed by atoms with E-state index in [1.807, 2.05) is 62.4 Å². The second kappa shape index (κ2) is 12.4. The van der Waals surface area contributed by atoms with Gasteiger partial charge in [-0.3, -0.25) is 19.2 Å². The van der Waals surface area contributed by atoms with Gasteiger partial charge in [0.15, 0.2) is 5.60 Å². The third kappa shape index (κ3) is 5.34. The Hall–Kier alpha value is -7.07. The zero-order valence-corrected chi connectivity index (χ0v) is 27.9. The molecule has 0 aromatic heterocycles. The highest BCUT2D eigenvalue weighted by Gasteiger charge is 2.48. The maximum atomic E-state index is 13.4. The van der Waals surface area contributed by atoms with E-state index in [2.05, 4.69) is 0 Å². The lowest BCUT2D eigenvalue weighted by Gasteiger charge is -2.31. The van der Waals surface area contributed by atoms with Crippen LogP contribution in [-0.4, -0.2) is 29.6 Å². The number of carbonyl (C=O) groups is 5. The smallest absolute Gasteiger partial charge is 0.340 e. The zero-order valence-electron chi connectivity index (χ0n) is 27.9. The third-order valence-corrected chi connectivity index (χ3v) is 9.20. The highest BCUT2D eigenvalue weighted by molar-refractivity contribution is 6.28. The van der Waals surface area contributed by atoms with Crippen LogP contribution >= 0.6 is 0 Å². The minimum absolute atomic E-state index is 0.398. The molecule has 3 aliphatic heterocycles. The van der Waals surface area contributed by atoms with Gasteiger partial charge in [-0.25, -0.2) is 14.6 Å². The SMILES string of the molecule is Cc1cc(C2(c3ccc(Oc4ccc(N5C(=O)C=CC5=O)cc4)c(C)c3)OC(=O)c3ccccc32)ccc1Oc1ccc(N2C(=O)C=CC2=O)cc1. The summed E-state index contributed by atoms with van der Waals surface area (Å²) in [4.78, 5) is 63.8. The van der Waals surface area contributed by atoms with Crippen LogP contribution in [0.25, 0.3) is 0 Å². The molecule has 0 unspecified atom stereocenters. The lowest BCUT2D eigenvalue weighted by molar-refractivity contribution is -0.121. The number of esters is 1. The molecule has 10 heteroatoms. The molecule has 5 aromatic rings. The molecule has 3 aliphatic rings. The zero-order chi connectivity index (χ0) is 36.1. The molecule has 3 heterocycles. The molecule has 4 amide bonds. The van der Waals surface area contributed by atoms with Gasteiger partial charge in [0.1, 0.15) is 23.0 Å². The Morgan fingerprint density at radius 1 is 0.519 bits per heavy atom. The molecule has 0 bridgehead atoms. The first-order chi connectivity index (χ1) is 25.1. The average molecular weight is 689 g/mol. The van der Waals surface area contributed by atoms with E-state index in [0.29, 0.717) is 56.6 Å². The van der Waals surface area contributed by atoms with E-state index in [0.717, 1.165) is 20.9 Å². The van der Waals surface area contributed by atoms with Crippen molar-refractivity contribution in [3.8, 4) is 23.0 Å². The second-order valence-corrected chi connectivity index (χ2v) is 12.5. The number of cyclic esters (lactones) is 1. The summed E-state index contributed by atoms with van der Waals surface area (Å²) in [5.74, 6) is 0.124. The molecule has 8 rings (SSSR count). The molecule has 0 fully saturated rings. The lowest BCUT2D eigenvalue weighted by atomic mass is 9.79. The Morgan fingerprint density at radius 2 is 0.942 bits per heavy atom. The summed E-state index contributed by atoms with van der Waals surface area (Å²) < 4.78 is 18.7. The number of hydrogen-bond acceptors (Lipinski definition) is 8. The number of hydrogen-bond donors (Lipinski definition) is 0. The summed E-state index contributed by atoms with van der Waals surface area (Å²) >= 11 is 0. The first kappa shape index (κ1) is 32.2. The molecule has 10 nitrogen and oxygen atoms in total. The van der Waals surface area contributed by atoms with Crippen molar-refractivity contribution in [3.63, 3.8) is 0 Å². The van der Waals surface area contributed by atoms with Crippen molar-refractivity contribution in [2.45, 2.75) is 19.4 Å². The van der Waals surface area contributed by atoms with Crippen LogP contribution in [0.5, 0.6) is 23.0 Å². The molecule has 0 atom stereocenters. The topological polar surface area (TPSA) is 120 Å². The van der Waals surface area contributed by atoms with E-state index < -0.39 is 35.2 Å². The minimum Gasteiger partial charge on any atom is -0.457 e. The van der Waals surface area contributed by atoms with Gasteiger partial charge in [-0.05, 0) is 104 Å². The largest absolute Gasteiger partial charge is 0.457 e. The number of nitrogens with zero attached hydrogens (tertiary/aromatic N) is 2. The van der Waals surface area contributed by atoms with Gasteiger partial charge < -0.3 is 14.2 Å². The Balaban J connectivity index is 1.09. The van der Waals surface area contributed by atoms with Crippen molar-refractivity contribution in [1.82, 2.24) is 0 Å². The van der Waals surface area contributed by atoms with Crippen LogP contribution < -0.4 is 19.3 Å². The Labute approximate surface area is 297 Å². The number of imide groups is 2. The van der Waals surface area contributed by atoms with Gasteiger partial charge in [0.2, 0.25) is 0 Å². The van der Waals surface area contributed by atoms with Gasteiger partial charge in [0.25, 0.3) is 23.6 Å². The molecular weight excluding hydrogens is 660 g/mol. The fraction of sp³-hybridized carbons (Fsp3) is 0.0714. The van der Waals surface area contributed by atoms with Crippen molar-refractivity contribution >= 4 is 41.0 Å². The van der Waals surface area contributed by atoms with E-state index in [4.69, 9.17) is 14.2 Å². The van der Waals surface area contributed by atoms with Gasteiger partial charge in [-0.1, -0.05) is 30.3 Å². The first-order valence-electron chi connectivity index (χ1n) is 16.4. The number of rotatable bonds is 8. The lowest BCUT2D eigenvalue weighted by Crippen LogP contribution is -2.29. The number of fused-ring (bicyclic) bond motifs is 1. The van der Waals surface area contributed by atoms with E-state index >= 15 is 0 Å². The van der Waals surface area contributed by atoms with Crippen molar-refractivity contribution in [2.24, 2.45) is 0 Å². The van der Waals surface area contributed by atoms with Crippen LogP contribution in [0.2, 0.25) is 0 Å². The Kier molecular flexibility index (Phi) is 7.64. The summed E-state index contributed by atoms with van der Waals surface area (Å²) in [5, 5.41) is 0. The van der Waals surface area contributed by atoms with E-state index in [1.54, 1.807) is 60.7 Å². The number of amides is 4. The molecule has 0 spiro atoms. The van der Waals surface area contributed by atoms with Crippen LogP contribution in [0.4, 0.5) is 11.4 Å². The predicted molar refractivity (Wildman–Crippen MR) is 190 cm³/mol. The van der Waals surface area contributed by atoms with E-state index in [9.17, 15) is 24.0 Å². The minimum atomic E-state index is -1.27. The fourth-order valence-electron chi connectivity index (χ4n) is 6.67. The van der Waals surface area contributed by atoms with Crippen LogP contribution in [0.15, 0.2) is 133 Å². The van der Waals surface area contributed by atoms with Crippen molar-refractivity contribution in [3.05, 3.63) is 167 Å². The van der Waals surface area contributed by atoms with Crippen molar-refractivity contribution < 1.29 is 38.2 Å². The quantitative estimate of drug-likeness (QED) is 0.124. The number of benzene rings is 5. The van der Waals surface area contributed by atoms with Crippen LogP contribution in [0.1, 0.15) is 38.2 Å². The van der Waals surface area contributed by atoms with Gasteiger partial charge in [-0.2, -0.15) is 0 Å². The van der Waals surface area contributed by atoms with Crippen molar-refractivity contribution in [2.75, 3.05) is 9.80 Å². The molecule has 0 radical (unpaired) electrons. The Morgan fingerprint density at radius 3 is 1.37 bits per heavy atom.